The molecule has 100 valence electrons. The van der Waals surface area contributed by atoms with E-state index in [1.807, 2.05) is 0 Å². The van der Waals surface area contributed by atoms with Crippen LogP contribution >= 0.6 is 0 Å². The van der Waals surface area contributed by atoms with Gasteiger partial charge in [0.15, 0.2) is 0 Å². The van der Waals surface area contributed by atoms with E-state index in [-0.39, 0.29) is 6.61 Å². The van der Waals surface area contributed by atoms with Crippen LogP contribution in [0.1, 0.15) is 34.6 Å². The summed E-state index contributed by atoms with van der Waals surface area (Å²) in [7, 11) is 0. The van der Waals surface area contributed by atoms with E-state index in [0.29, 0.717) is 24.2 Å². The molecule has 0 fully saturated rings. The maximum absolute atomic E-state index is 11.2. The van der Waals surface area contributed by atoms with Crippen molar-refractivity contribution >= 4 is 5.97 Å². The summed E-state index contributed by atoms with van der Waals surface area (Å²) in [5, 5.41) is 9.80. The molecule has 0 bridgehead atoms. The van der Waals surface area contributed by atoms with Crippen LogP contribution in [0.5, 0.6) is 0 Å². The number of hydrogen-bond acceptors (Lipinski definition) is 4. The molecule has 0 aliphatic rings. The van der Waals surface area contributed by atoms with Crippen molar-refractivity contribution in [1.29, 1.82) is 0 Å². The Morgan fingerprint density at radius 2 is 1.76 bits per heavy atom. The monoisotopic (exact) mass is 243 g/mol. The maximum Gasteiger partial charge on any atom is 0.333 e. The van der Waals surface area contributed by atoms with Gasteiger partial charge in [0.25, 0.3) is 0 Å². The molecule has 0 radical (unpaired) electrons. The minimum absolute atomic E-state index is 0.0155. The van der Waals surface area contributed by atoms with Crippen molar-refractivity contribution in [2.75, 3.05) is 13.2 Å². The Hall–Kier alpha value is -0.870. The van der Waals surface area contributed by atoms with Crippen LogP contribution in [0.3, 0.4) is 0 Å². The Labute approximate surface area is 104 Å². The van der Waals surface area contributed by atoms with E-state index < -0.39 is 12.1 Å². The number of nitrogens with zero attached hydrogens (tertiary/aromatic N) is 1. The third kappa shape index (κ3) is 6.44. The van der Waals surface area contributed by atoms with Crippen LogP contribution in [0, 0.1) is 0 Å². The van der Waals surface area contributed by atoms with Gasteiger partial charge in [0.2, 0.25) is 0 Å². The Balaban J connectivity index is 4.11. The second kappa shape index (κ2) is 7.45. The Morgan fingerprint density at radius 3 is 2.12 bits per heavy atom. The average molecular weight is 243 g/mol. The van der Waals surface area contributed by atoms with Gasteiger partial charge in [0, 0.05) is 24.2 Å². The first-order valence-electron chi connectivity index (χ1n) is 6.02. The predicted molar refractivity (Wildman–Crippen MR) is 68.8 cm³/mol. The molecule has 0 aliphatic carbocycles. The van der Waals surface area contributed by atoms with Gasteiger partial charge >= 0.3 is 5.97 Å². The summed E-state index contributed by atoms with van der Waals surface area (Å²) in [6.07, 6.45) is -0.664. The highest BCUT2D eigenvalue weighted by molar-refractivity contribution is 5.86. The molecule has 0 rings (SSSR count). The molecule has 0 aromatic rings. The summed E-state index contributed by atoms with van der Waals surface area (Å²) >= 11 is 0. The number of hydrogen-bond donors (Lipinski definition) is 1. The molecular weight excluding hydrogens is 218 g/mol. The molecule has 0 aromatic heterocycles. The molecule has 0 saturated heterocycles. The summed E-state index contributed by atoms with van der Waals surface area (Å²) in [5.41, 5.74) is 0.349. The molecule has 1 unspecified atom stereocenters. The number of aliphatic hydroxyl groups is 1. The van der Waals surface area contributed by atoms with E-state index in [4.69, 9.17) is 4.74 Å². The molecule has 0 aliphatic heterocycles. The Morgan fingerprint density at radius 1 is 1.29 bits per heavy atom. The summed E-state index contributed by atoms with van der Waals surface area (Å²) in [5.74, 6) is -0.454. The van der Waals surface area contributed by atoms with Gasteiger partial charge in [-0.05, 0) is 34.6 Å². The molecule has 4 heteroatoms. The van der Waals surface area contributed by atoms with E-state index in [1.54, 1.807) is 6.92 Å². The molecule has 0 saturated carbocycles. The van der Waals surface area contributed by atoms with Crippen LogP contribution < -0.4 is 0 Å². The van der Waals surface area contributed by atoms with Crippen LogP contribution in [-0.4, -0.2) is 47.3 Å². The molecule has 1 N–H and O–H groups in total. The van der Waals surface area contributed by atoms with Crippen molar-refractivity contribution in [3.05, 3.63) is 12.2 Å². The van der Waals surface area contributed by atoms with Crippen molar-refractivity contribution in [2.45, 2.75) is 52.8 Å². The fraction of sp³-hybridized carbons (Fsp3) is 0.769. The van der Waals surface area contributed by atoms with Gasteiger partial charge in [-0.1, -0.05) is 6.58 Å². The largest absolute Gasteiger partial charge is 0.460 e. The number of rotatable bonds is 7. The minimum atomic E-state index is -0.664. The first kappa shape index (κ1) is 16.1. The number of ether oxygens (including phenoxy) is 1. The SMILES string of the molecule is C=C(C)C(=O)OCC(O)CN(C(C)C)C(C)C. The lowest BCUT2D eigenvalue weighted by atomic mass is 10.2. The van der Waals surface area contributed by atoms with Crippen molar-refractivity contribution in [2.24, 2.45) is 0 Å². The molecule has 0 amide bonds. The zero-order valence-corrected chi connectivity index (χ0v) is 11.6. The van der Waals surface area contributed by atoms with Gasteiger partial charge in [-0.3, -0.25) is 4.90 Å². The van der Waals surface area contributed by atoms with Gasteiger partial charge < -0.3 is 9.84 Å². The molecule has 0 heterocycles. The van der Waals surface area contributed by atoms with Crippen LogP contribution in [0.15, 0.2) is 12.2 Å². The first-order valence-corrected chi connectivity index (χ1v) is 6.02. The Bertz CT molecular complexity index is 253. The van der Waals surface area contributed by atoms with E-state index in [9.17, 15) is 9.90 Å². The van der Waals surface area contributed by atoms with Crippen molar-refractivity contribution in [3.8, 4) is 0 Å². The van der Waals surface area contributed by atoms with Crippen molar-refractivity contribution < 1.29 is 14.6 Å². The van der Waals surface area contributed by atoms with Gasteiger partial charge in [-0.15, -0.1) is 0 Å². The van der Waals surface area contributed by atoms with Gasteiger partial charge in [0.1, 0.15) is 12.7 Å². The zero-order chi connectivity index (χ0) is 13.6. The van der Waals surface area contributed by atoms with Crippen molar-refractivity contribution in [1.82, 2.24) is 4.90 Å². The topological polar surface area (TPSA) is 49.8 Å². The molecule has 0 aromatic carbocycles. The third-order valence-electron chi connectivity index (χ3n) is 2.50. The lowest BCUT2D eigenvalue weighted by Crippen LogP contribution is -2.43. The lowest BCUT2D eigenvalue weighted by molar-refractivity contribution is -0.142. The van der Waals surface area contributed by atoms with Crippen LogP contribution in [0.25, 0.3) is 0 Å². The van der Waals surface area contributed by atoms with Gasteiger partial charge in [-0.25, -0.2) is 4.79 Å². The summed E-state index contributed by atoms with van der Waals surface area (Å²) in [6.45, 7) is 13.9. The number of carbonyl (C=O) groups excluding carboxylic acids is 1. The quantitative estimate of drug-likeness (QED) is 0.545. The molecule has 17 heavy (non-hydrogen) atoms. The summed E-state index contributed by atoms with van der Waals surface area (Å²) in [6, 6.07) is 0.697. The molecular formula is C13H25NO3. The van der Waals surface area contributed by atoms with Crippen LogP contribution in [0.2, 0.25) is 0 Å². The normalized spacial score (nSPS) is 13.2. The standard InChI is InChI=1S/C13H25NO3/c1-9(2)13(16)17-8-12(15)7-14(10(3)4)11(5)6/h10-12,15H,1,7-8H2,2-6H3. The van der Waals surface area contributed by atoms with Crippen LogP contribution in [-0.2, 0) is 9.53 Å². The van der Waals surface area contributed by atoms with Crippen molar-refractivity contribution in [3.63, 3.8) is 0 Å². The fourth-order valence-electron chi connectivity index (χ4n) is 1.61. The smallest absolute Gasteiger partial charge is 0.333 e. The highest BCUT2D eigenvalue weighted by Gasteiger charge is 2.18. The van der Waals surface area contributed by atoms with Crippen LogP contribution in [0.4, 0.5) is 0 Å². The third-order valence-corrected chi connectivity index (χ3v) is 2.50. The van der Waals surface area contributed by atoms with Gasteiger partial charge in [0.05, 0.1) is 0 Å². The van der Waals surface area contributed by atoms with E-state index in [1.165, 1.54) is 0 Å². The number of esters is 1. The average Bonchev–Trinajstić information content (AvgIpc) is 2.21. The highest BCUT2D eigenvalue weighted by Crippen LogP contribution is 2.06. The molecule has 1 atom stereocenters. The molecule has 4 nitrogen and oxygen atoms in total. The van der Waals surface area contributed by atoms with E-state index in [2.05, 4.69) is 39.2 Å². The van der Waals surface area contributed by atoms with E-state index in [0.717, 1.165) is 0 Å². The van der Waals surface area contributed by atoms with Gasteiger partial charge in [-0.2, -0.15) is 0 Å². The lowest BCUT2D eigenvalue weighted by Gasteiger charge is -2.32. The Kier molecular flexibility index (Phi) is 7.07. The second-order valence-electron chi connectivity index (χ2n) is 4.92. The minimum Gasteiger partial charge on any atom is -0.460 e. The highest BCUT2D eigenvalue weighted by atomic mass is 16.5. The maximum atomic E-state index is 11.2. The second-order valence-corrected chi connectivity index (χ2v) is 4.92. The molecule has 0 spiro atoms. The predicted octanol–water partition coefficient (Wildman–Crippen LogP) is 1.59. The summed E-state index contributed by atoms with van der Waals surface area (Å²) < 4.78 is 4.91. The summed E-state index contributed by atoms with van der Waals surface area (Å²) in [4.78, 5) is 13.3. The fourth-order valence-corrected chi connectivity index (χ4v) is 1.61. The number of aliphatic hydroxyl groups excluding tert-OH is 1. The first-order chi connectivity index (χ1) is 7.75. The zero-order valence-electron chi connectivity index (χ0n) is 11.6. The van der Waals surface area contributed by atoms with E-state index >= 15 is 0 Å². The number of carbonyl (C=O) groups is 1.